The van der Waals surface area contributed by atoms with Gasteiger partial charge in [0.2, 0.25) is 0 Å². The third kappa shape index (κ3) is 7.15. The molecule has 3 nitrogen and oxygen atoms in total. The van der Waals surface area contributed by atoms with Gasteiger partial charge in [0.1, 0.15) is 6.04 Å². The molecule has 0 amide bonds. The molecule has 14 heavy (non-hydrogen) atoms. The van der Waals surface area contributed by atoms with Gasteiger partial charge in [-0.15, -0.1) is 0 Å². The van der Waals surface area contributed by atoms with Crippen molar-refractivity contribution in [2.45, 2.75) is 25.8 Å². The van der Waals surface area contributed by atoms with Crippen LogP contribution >= 0.6 is 11.8 Å². The van der Waals surface area contributed by atoms with Crippen molar-refractivity contribution in [1.82, 2.24) is 0 Å². The number of rotatable bonds is 8. The Labute approximate surface area is 88.6 Å². The van der Waals surface area contributed by atoms with Crippen LogP contribution in [0.1, 0.15) is 19.8 Å². The average molecular weight is 223 g/mol. The molecule has 0 saturated heterocycles. The zero-order chi connectivity index (χ0) is 10.8. The fourth-order valence-electron chi connectivity index (χ4n) is 0.836. The minimum atomic E-state index is -0.534. The van der Waals surface area contributed by atoms with E-state index in [1.165, 1.54) is 0 Å². The van der Waals surface area contributed by atoms with Crippen LogP contribution in [0.2, 0.25) is 0 Å². The highest BCUT2D eigenvalue weighted by molar-refractivity contribution is 7.99. The summed E-state index contributed by atoms with van der Waals surface area (Å²) in [6.45, 7) is 1.83. The molecule has 0 aliphatic heterocycles. The van der Waals surface area contributed by atoms with E-state index in [-0.39, 0.29) is 12.6 Å². The van der Waals surface area contributed by atoms with E-state index in [1.54, 1.807) is 18.7 Å². The van der Waals surface area contributed by atoms with Crippen LogP contribution in [0, 0.1) is 0 Å². The van der Waals surface area contributed by atoms with E-state index >= 15 is 0 Å². The monoisotopic (exact) mass is 223 g/mol. The fraction of sp³-hybridized carbons (Fsp3) is 0.889. The predicted octanol–water partition coefficient (Wildman–Crippen LogP) is 1.36. The lowest BCUT2D eigenvalue weighted by Gasteiger charge is -2.09. The lowest BCUT2D eigenvalue weighted by atomic mass is 10.2. The van der Waals surface area contributed by atoms with Gasteiger partial charge in [0.15, 0.2) is 0 Å². The molecule has 0 aliphatic rings. The van der Waals surface area contributed by atoms with Crippen molar-refractivity contribution in [3.8, 4) is 0 Å². The zero-order valence-electron chi connectivity index (χ0n) is 8.50. The molecular weight excluding hydrogens is 205 g/mol. The quantitative estimate of drug-likeness (QED) is 0.498. The highest BCUT2D eigenvalue weighted by Gasteiger charge is 2.13. The van der Waals surface area contributed by atoms with Crippen LogP contribution in [-0.2, 0) is 9.53 Å². The first kappa shape index (κ1) is 13.7. The van der Waals surface area contributed by atoms with Crippen molar-refractivity contribution >= 4 is 17.7 Å². The average Bonchev–Trinajstić information content (AvgIpc) is 2.17. The van der Waals surface area contributed by atoms with E-state index in [1.807, 2.05) is 0 Å². The van der Waals surface area contributed by atoms with E-state index < -0.39 is 6.04 Å². The summed E-state index contributed by atoms with van der Waals surface area (Å²) in [5.41, 5.74) is 5.56. The van der Waals surface area contributed by atoms with Crippen molar-refractivity contribution in [1.29, 1.82) is 0 Å². The SMILES string of the molecule is CCOC(=O)C(N)CCSCCCF. The third-order valence-corrected chi connectivity index (χ3v) is 2.69. The molecule has 0 bridgehead atoms. The van der Waals surface area contributed by atoms with Gasteiger partial charge in [-0.2, -0.15) is 11.8 Å². The molecule has 0 fully saturated rings. The van der Waals surface area contributed by atoms with E-state index in [0.717, 1.165) is 11.5 Å². The summed E-state index contributed by atoms with van der Waals surface area (Å²) in [4.78, 5) is 11.0. The van der Waals surface area contributed by atoms with E-state index in [4.69, 9.17) is 10.5 Å². The van der Waals surface area contributed by atoms with E-state index in [0.29, 0.717) is 19.4 Å². The highest BCUT2D eigenvalue weighted by Crippen LogP contribution is 2.06. The first-order valence-corrected chi connectivity index (χ1v) is 5.93. The number of nitrogens with two attached hydrogens (primary N) is 1. The number of alkyl halides is 1. The molecular formula is C9H18FNO2S. The highest BCUT2D eigenvalue weighted by atomic mass is 32.2. The molecule has 0 radical (unpaired) electrons. The van der Waals surface area contributed by atoms with Gasteiger partial charge < -0.3 is 10.5 Å². The Morgan fingerprint density at radius 1 is 1.57 bits per heavy atom. The van der Waals surface area contributed by atoms with Gasteiger partial charge in [-0.05, 0) is 31.3 Å². The van der Waals surface area contributed by atoms with Crippen molar-refractivity contribution in [2.75, 3.05) is 24.8 Å². The van der Waals surface area contributed by atoms with Crippen molar-refractivity contribution in [2.24, 2.45) is 5.73 Å². The van der Waals surface area contributed by atoms with Crippen molar-refractivity contribution in [3.63, 3.8) is 0 Å². The number of halogens is 1. The second-order valence-corrected chi connectivity index (χ2v) is 4.03. The number of ether oxygens (including phenoxy) is 1. The molecule has 0 rings (SSSR count). The number of carbonyl (C=O) groups is 1. The van der Waals surface area contributed by atoms with Crippen LogP contribution in [0.25, 0.3) is 0 Å². The summed E-state index contributed by atoms with van der Waals surface area (Å²) in [6, 6.07) is -0.534. The molecule has 0 aromatic heterocycles. The smallest absolute Gasteiger partial charge is 0.322 e. The molecule has 2 N–H and O–H groups in total. The Morgan fingerprint density at radius 3 is 2.86 bits per heavy atom. The van der Waals surface area contributed by atoms with E-state index in [9.17, 15) is 9.18 Å². The number of esters is 1. The Bertz CT molecular complexity index is 158. The summed E-state index contributed by atoms with van der Waals surface area (Å²) < 4.78 is 16.4. The zero-order valence-corrected chi connectivity index (χ0v) is 9.32. The van der Waals surface area contributed by atoms with Gasteiger partial charge in [-0.25, -0.2) is 0 Å². The summed E-state index contributed by atoms with van der Waals surface area (Å²) in [7, 11) is 0. The Kier molecular flexibility index (Phi) is 9.08. The Balaban J connectivity index is 3.34. The normalized spacial score (nSPS) is 12.5. The molecule has 1 unspecified atom stereocenters. The van der Waals surface area contributed by atoms with Crippen LogP contribution < -0.4 is 5.73 Å². The molecule has 0 aromatic carbocycles. The van der Waals surface area contributed by atoms with Crippen molar-refractivity contribution in [3.05, 3.63) is 0 Å². The summed E-state index contributed by atoms with van der Waals surface area (Å²) in [5.74, 6) is 1.21. The Morgan fingerprint density at radius 2 is 2.29 bits per heavy atom. The van der Waals surface area contributed by atoms with Gasteiger partial charge in [-0.3, -0.25) is 9.18 Å². The second-order valence-electron chi connectivity index (χ2n) is 2.80. The van der Waals surface area contributed by atoms with Gasteiger partial charge in [-0.1, -0.05) is 0 Å². The van der Waals surface area contributed by atoms with Crippen LogP contribution in [-0.4, -0.2) is 36.8 Å². The number of carbonyl (C=O) groups excluding carboxylic acids is 1. The first-order chi connectivity index (χ1) is 6.72. The summed E-state index contributed by atoms with van der Waals surface area (Å²) in [5, 5.41) is 0. The van der Waals surface area contributed by atoms with Crippen LogP contribution in [0.3, 0.4) is 0 Å². The lowest BCUT2D eigenvalue weighted by molar-refractivity contribution is -0.144. The van der Waals surface area contributed by atoms with Crippen LogP contribution in [0.5, 0.6) is 0 Å². The van der Waals surface area contributed by atoms with E-state index in [2.05, 4.69) is 0 Å². The lowest BCUT2D eigenvalue weighted by Crippen LogP contribution is -2.32. The molecule has 1 atom stereocenters. The topological polar surface area (TPSA) is 52.3 Å². The first-order valence-electron chi connectivity index (χ1n) is 4.78. The summed E-state index contributed by atoms with van der Waals surface area (Å²) >= 11 is 1.61. The maximum Gasteiger partial charge on any atom is 0.322 e. The minimum Gasteiger partial charge on any atom is -0.465 e. The van der Waals surface area contributed by atoms with Crippen molar-refractivity contribution < 1.29 is 13.9 Å². The predicted molar refractivity (Wildman–Crippen MR) is 57.1 cm³/mol. The maximum absolute atomic E-state index is 11.7. The van der Waals surface area contributed by atoms with Gasteiger partial charge in [0.25, 0.3) is 0 Å². The molecule has 0 spiro atoms. The van der Waals surface area contributed by atoms with Gasteiger partial charge in [0, 0.05) is 0 Å². The number of hydrogen-bond acceptors (Lipinski definition) is 4. The molecule has 84 valence electrons. The standard InChI is InChI=1S/C9H18FNO2S/c1-2-13-9(12)8(11)4-7-14-6-3-5-10/h8H,2-7,11H2,1H3. The Hall–Kier alpha value is -0.290. The third-order valence-electron chi connectivity index (χ3n) is 1.58. The molecule has 0 heterocycles. The molecule has 0 aliphatic carbocycles. The fourth-order valence-corrected chi connectivity index (χ4v) is 1.77. The molecule has 5 heteroatoms. The molecule has 0 aromatic rings. The second kappa shape index (κ2) is 9.27. The van der Waals surface area contributed by atoms with Crippen LogP contribution in [0.4, 0.5) is 4.39 Å². The maximum atomic E-state index is 11.7. The molecule has 0 saturated carbocycles. The number of thioether (sulfide) groups is 1. The van der Waals surface area contributed by atoms with Crippen LogP contribution in [0.15, 0.2) is 0 Å². The number of hydrogen-bond donors (Lipinski definition) is 1. The summed E-state index contributed by atoms with van der Waals surface area (Å²) in [6.07, 6.45) is 1.16. The van der Waals surface area contributed by atoms with Gasteiger partial charge in [0.05, 0.1) is 13.3 Å². The van der Waals surface area contributed by atoms with Gasteiger partial charge >= 0.3 is 5.97 Å². The largest absolute Gasteiger partial charge is 0.465 e. The minimum absolute atomic E-state index is 0.281.